The van der Waals surface area contributed by atoms with Crippen LogP contribution in [0.4, 0.5) is 4.39 Å². The first-order valence-electron chi connectivity index (χ1n) is 8.44. The zero-order chi connectivity index (χ0) is 17.7. The Balaban J connectivity index is 1.70. The van der Waals surface area contributed by atoms with Gasteiger partial charge in [0.25, 0.3) is 0 Å². The van der Waals surface area contributed by atoms with Crippen molar-refractivity contribution >= 4 is 10.0 Å². The van der Waals surface area contributed by atoms with Crippen molar-refractivity contribution in [2.45, 2.75) is 36.7 Å². The van der Waals surface area contributed by atoms with Gasteiger partial charge in [0.2, 0.25) is 10.0 Å². The Morgan fingerprint density at radius 2 is 1.96 bits per heavy atom. The summed E-state index contributed by atoms with van der Waals surface area (Å²) in [7, 11) is -3.87. The van der Waals surface area contributed by atoms with E-state index < -0.39 is 15.8 Å². The van der Waals surface area contributed by atoms with Gasteiger partial charge in [-0.2, -0.15) is 0 Å². The highest BCUT2D eigenvalue weighted by molar-refractivity contribution is 7.89. The third kappa shape index (κ3) is 4.84. The second-order valence-corrected chi connectivity index (χ2v) is 7.98. The van der Waals surface area contributed by atoms with Gasteiger partial charge in [-0.05, 0) is 43.7 Å². The Morgan fingerprint density at radius 1 is 1.16 bits per heavy atom. The lowest BCUT2D eigenvalue weighted by atomic mass is 10.2. The molecule has 7 heteroatoms. The normalized spacial score (nSPS) is 19.5. The monoisotopic (exact) mass is 363 g/mol. The number of rotatable bonds is 5. The smallest absolute Gasteiger partial charge is 0.243 e. The molecule has 5 nitrogen and oxygen atoms in total. The number of nitrogens with zero attached hydrogens (tertiary/aromatic N) is 2. The van der Waals surface area contributed by atoms with E-state index in [1.807, 2.05) is 18.2 Å². The largest absolute Gasteiger partial charge is 0.296 e. The van der Waals surface area contributed by atoms with Crippen molar-refractivity contribution in [3.8, 4) is 0 Å². The summed E-state index contributed by atoms with van der Waals surface area (Å²) in [6, 6.07) is 11.0. The Hall–Kier alpha value is -1.83. The molecule has 1 saturated heterocycles. The number of hydrogen-bond acceptors (Lipinski definition) is 4. The molecule has 0 bridgehead atoms. The predicted octanol–water partition coefficient (Wildman–Crippen LogP) is 2.55. The number of hydrogen-bond donors (Lipinski definition) is 1. The van der Waals surface area contributed by atoms with E-state index in [2.05, 4.69) is 14.6 Å². The number of aromatic nitrogens is 1. The molecule has 0 spiro atoms. The highest BCUT2D eigenvalue weighted by Crippen LogP contribution is 2.18. The Labute approximate surface area is 147 Å². The van der Waals surface area contributed by atoms with Crippen molar-refractivity contribution in [3.05, 3.63) is 60.2 Å². The number of halogens is 1. The molecule has 1 aromatic carbocycles. The molecule has 2 heterocycles. The summed E-state index contributed by atoms with van der Waals surface area (Å²) < 4.78 is 41.6. The second-order valence-electron chi connectivity index (χ2n) is 6.30. The van der Waals surface area contributed by atoms with E-state index in [9.17, 15) is 12.8 Å². The van der Waals surface area contributed by atoms with Gasteiger partial charge in [0.05, 0.1) is 5.69 Å². The fourth-order valence-electron chi connectivity index (χ4n) is 3.13. The van der Waals surface area contributed by atoms with Crippen molar-refractivity contribution in [1.82, 2.24) is 14.6 Å². The molecule has 0 radical (unpaired) electrons. The molecular weight excluding hydrogens is 341 g/mol. The van der Waals surface area contributed by atoms with Crippen LogP contribution in [0.15, 0.2) is 53.6 Å². The van der Waals surface area contributed by atoms with Gasteiger partial charge >= 0.3 is 0 Å². The average molecular weight is 363 g/mol. The topological polar surface area (TPSA) is 62.3 Å². The molecule has 1 N–H and O–H groups in total. The van der Waals surface area contributed by atoms with E-state index in [0.29, 0.717) is 13.1 Å². The summed E-state index contributed by atoms with van der Waals surface area (Å²) in [6.45, 7) is 2.16. The number of likely N-dealkylation sites (tertiary alicyclic amines) is 1. The summed E-state index contributed by atoms with van der Waals surface area (Å²) >= 11 is 0. The maximum atomic E-state index is 13.8. The molecule has 1 unspecified atom stereocenters. The maximum absolute atomic E-state index is 13.8. The summed E-state index contributed by atoms with van der Waals surface area (Å²) in [4.78, 5) is 6.23. The average Bonchev–Trinajstić information content (AvgIpc) is 2.80. The minimum Gasteiger partial charge on any atom is -0.296 e. The first-order valence-corrected chi connectivity index (χ1v) is 9.92. The number of sulfonamides is 1. The summed E-state index contributed by atoms with van der Waals surface area (Å²) in [5.74, 6) is -0.728. The zero-order valence-corrected chi connectivity index (χ0v) is 14.8. The lowest BCUT2D eigenvalue weighted by Gasteiger charge is -2.24. The van der Waals surface area contributed by atoms with Crippen LogP contribution in [0, 0.1) is 5.82 Å². The second kappa shape index (κ2) is 8.03. The quantitative estimate of drug-likeness (QED) is 0.887. The van der Waals surface area contributed by atoms with Gasteiger partial charge in [-0.3, -0.25) is 9.88 Å². The molecule has 1 aliphatic heterocycles. The van der Waals surface area contributed by atoms with E-state index in [1.165, 1.54) is 18.2 Å². The minimum absolute atomic E-state index is 0.240. The van der Waals surface area contributed by atoms with Crippen LogP contribution in [-0.4, -0.2) is 37.4 Å². The fraction of sp³-hybridized carbons (Fsp3) is 0.389. The highest BCUT2D eigenvalue weighted by Gasteiger charge is 2.26. The molecule has 1 aromatic heterocycles. The van der Waals surface area contributed by atoms with Crippen molar-refractivity contribution in [1.29, 1.82) is 0 Å². The molecule has 0 amide bonds. The van der Waals surface area contributed by atoms with Gasteiger partial charge in [-0.1, -0.05) is 24.6 Å². The van der Waals surface area contributed by atoms with Crippen LogP contribution >= 0.6 is 0 Å². The number of benzene rings is 1. The van der Waals surface area contributed by atoms with Crippen LogP contribution in [-0.2, 0) is 16.6 Å². The fourth-order valence-corrected chi connectivity index (χ4v) is 4.47. The van der Waals surface area contributed by atoms with Crippen molar-refractivity contribution in [2.24, 2.45) is 0 Å². The van der Waals surface area contributed by atoms with Crippen molar-refractivity contribution < 1.29 is 12.8 Å². The predicted molar refractivity (Wildman–Crippen MR) is 93.9 cm³/mol. The Morgan fingerprint density at radius 3 is 2.72 bits per heavy atom. The Kier molecular flexibility index (Phi) is 5.78. The van der Waals surface area contributed by atoms with Crippen molar-refractivity contribution in [3.63, 3.8) is 0 Å². The standard InChI is InChI=1S/C18H22FN3O2S/c19-17-9-1-2-10-18(17)25(23,24)21-16-8-4-6-12-22(14-16)13-15-7-3-5-11-20-15/h1-3,5,7,9-11,16,21H,4,6,8,12-14H2. The molecule has 1 fully saturated rings. The molecule has 1 aliphatic rings. The molecule has 0 saturated carbocycles. The summed E-state index contributed by atoms with van der Waals surface area (Å²) in [5.41, 5.74) is 0.958. The van der Waals surface area contributed by atoms with E-state index in [1.54, 1.807) is 6.20 Å². The van der Waals surface area contributed by atoms with Gasteiger partial charge in [-0.15, -0.1) is 0 Å². The lowest BCUT2D eigenvalue weighted by Crippen LogP contribution is -2.42. The zero-order valence-electron chi connectivity index (χ0n) is 13.9. The van der Waals surface area contributed by atoms with E-state index in [0.717, 1.165) is 37.6 Å². The van der Waals surface area contributed by atoms with Crippen LogP contribution < -0.4 is 4.72 Å². The van der Waals surface area contributed by atoms with Crippen molar-refractivity contribution in [2.75, 3.05) is 13.1 Å². The van der Waals surface area contributed by atoms with E-state index in [4.69, 9.17) is 0 Å². The third-order valence-corrected chi connectivity index (χ3v) is 5.87. The van der Waals surface area contributed by atoms with Crippen LogP contribution in [0.1, 0.15) is 25.0 Å². The van der Waals surface area contributed by atoms with Gasteiger partial charge in [0, 0.05) is 25.3 Å². The van der Waals surface area contributed by atoms with Crippen LogP contribution in [0.5, 0.6) is 0 Å². The lowest BCUT2D eigenvalue weighted by molar-refractivity contribution is 0.257. The minimum atomic E-state index is -3.87. The van der Waals surface area contributed by atoms with Crippen LogP contribution in [0.3, 0.4) is 0 Å². The maximum Gasteiger partial charge on any atom is 0.243 e. The van der Waals surface area contributed by atoms with Crippen LogP contribution in [0.2, 0.25) is 0 Å². The van der Waals surface area contributed by atoms with Crippen LogP contribution in [0.25, 0.3) is 0 Å². The van der Waals surface area contributed by atoms with Gasteiger partial charge < -0.3 is 0 Å². The SMILES string of the molecule is O=S(=O)(NC1CCCCN(Cc2ccccn2)C1)c1ccccc1F. The molecule has 3 rings (SSSR count). The highest BCUT2D eigenvalue weighted by atomic mass is 32.2. The first kappa shape index (κ1) is 18.0. The van der Waals surface area contributed by atoms with E-state index >= 15 is 0 Å². The summed E-state index contributed by atoms with van der Waals surface area (Å²) in [6.07, 6.45) is 4.44. The number of pyridine rings is 1. The molecule has 134 valence electrons. The molecule has 2 aromatic rings. The van der Waals surface area contributed by atoms with Gasteiger partial charge in [0.15, 0.2) is 0 Å². The summed E-state index contributed by atoms with van der Waals surface area (Å²) in [5, 5.41) is 0. The molecule has 1 atom stereocenters. The van der Waals surface area contributed by atoms with E-state index in [-0.39, 0.29) is 10.9 Å². The molecule has 25 heavy (non-hydrogen) atoms. The Bertz CT molecular complexity index is 799. The third-order valence-electron chi connectivity index (χ3n) is 4.32. The molecule has 0 aliphatic carbocycles. The molecular formula is C18H22FN3O2S. The van der Waals surface area contributed by atoms with Gasteiger partial charge in [-0.25, -0.2) is 17.5 Å². The van der Waals surface area contributed by atoms with Gasteiger partial charge in [0.1, 0.15) is 10.7 Å². The number of nitrogens with one attached hydrogen (secondary N) is 1. The first-order chi connectivity index (χ1) is 12.0.